The summed E-state index contributed by atoms with van der Waals surface area (Å²) in [6.45, 7) is 0.494. The second-order valence-electron chi connectivity index (χ2n) is 3.66. The molecule has 1 saturated carbocycles. The van der Waals surface area contributed by atoms with Crippen molar-refractivity contribution in [2.75, 3.05) is 11.9 Å². The average molecular weight is 258 g/mol. The number of nitrogens with zero attached hydrogens (tertiary/aromatic N) is 3. The summed E-state index contributed by atoms with van der Waals surface area (Å²) in [6.07, 6.45) is 8.74. The molecule has 0 heterocycles. The predicted molar refractivity (Wildman–Crippen MR) is 62.5 cm³/mol. The predicted octanol–water partition coefficient (Wildman–Crippen LogP) is 4.20. The summed E-state index contributed by atoms with van der Waals surface area (Å²) in [5, 5.41) is 4.45. The first-order valence-electron chi connectivity index (χ1n) is 5.14. The summed E-state index contributed by atoms with van der Waals surface area (Å²) in [5.41, 5.74) is 9.59. The van der Waals surface area contributed by atoms with E-state index < -0.39 is 0 Å². The molecule has 0 atom stereocenters. The first-order chi connectivity index (χ1) is 6.88. The molecule has 78 valence electrons. The molecule has 0 unspecified atom stereocenters. The first-order valence-corrected chi connectivity index (χ1v) is 6.26. The van der Waals surface area contributed by atoms with Gasteiger partial charge < -0.3 is 0 Å². The molecule has 0 aromatic heterocycles. The molecule has 0 bridgehead atoms. The summed E-state index contributed by atoms with van der Waals surface area (Å²) in [4.78, 5) is 2.75. The van der Waals surface area contributed by atoms with Gasteiger partial charge in [0, 0.05) is 16.8 Å². The Morgan fingerprint density at radius 2 is 2.14 bits per heavy atom. The Morgan fingerprint density at radius 1 is 1.43 bits per heavy atom. The van der Waals surface area contributed by atoms with Crippen LogP contribution in [0.2, 0.25) is 0 Å². The van der Waals surface area contributed by atoms with Crippen LogP contribution in [0, 0.1) is 5.92 Å². The highest BCUT2D eigenvalue weighted by molar-refractivity contribution is 9.09. The van der Waals surface area contributed by atoms with E-state index in [1.54, 1.807) is 0 Å². The number of halogens is 1. The van der Waals surface area contributed by atoms with E-state index in [9.17, 15) is 0 Å². The Morgan fingerprint density at radius 3 is 2.71 bits per heavy atom. The largest absolute Gasteiger partial charge is 0.0899 e. The van der Waals surface area contributed by atoms with Gasteiger partial charge in [0.15, 0.2) is 0 Å². The molecule has 1 aliphatic carbocycles. The lowest BCUT2D eigenvalue weighted by Crippen LogP contribution is -2.10. The van der Waals surface area contributed by atoms with Gasteiger partial charge in [-0.2, -0.15) is 0 Å². The van der Waals surface area contributed by atoms with E-state index in [2.05, 4.69) is 32.0 Å². The van der Waals surface area contributed by atoms with E-state index in [4.69, 9.17) is 5.53 Å². The van der Waals surface area contributed by atoms with Gasteiger partial charge in [-0.25, -0.2) is 0 Å². The zero-order valence-corrected chi connectivity index (χ0v) is 9.91. The van der Waals surface area contributed by atoms with Gasteiger partial charge in [0.1, 0.15) is 0 Å². The molecule has 0 aromatic rings. The molecule has 0 aromatic carbocycles. The lowest BCUT2D eigenvalue weighted by molar-refractivity contribution is 0.403. The Balaban J connectivity index is 2.50. The van der Waals surface area contributed by atoms with Crippen molar-refractivity contribution in [1.29, 1.82) is 0 Å². The maximum atomic E-state index is 8.18. The van der Waals surface area contributed by atoms with Crippen LogP contribution >= 0.6 is 15.9 Å². The number of azide groups is 1. The van der Waals surface area contributed by atoms with Crippen molar-refractivity contribution < 1.29 is 0 Å². The van der Waals surface area contributed by atoms with Gasteiger partial charge in [-0.1, -0.05) is 52.0 Å². The molecule has 0 aliphatic heterocycles. The fourth-order valence-corrected chi connectivity index (χ4v) is 2.69. The van der Waals surface area contributed by atoms with Crippen molar-refractivity contribution in [3.63, 3.8) is 0 Å². The second kappa shape index (κ2) is 6.91. The normalized spacial score (nSPS) is 19.1. The molecule has 0 spiro atoms. The standard InChI is InChI=1S/C10H16BrN3/c11-8-10(6-7-13-14-12)9-4-2-1-3-5-9/h6,9H,1-5,7-8H2/b10-6+. The summed E-state index contributed by atoms with van der Waals surface area (Å²) >= 11 is 3.50. The maximum Gasteiger partial charge on any atom is 0.0443 e. The van der Waals surface area contributed by atoms with Gasteiger partial charge in [-0.15, -0.1) is 0 Å². The lowest BCUT2D eigenvalue weighted by atomic mass is 9.84. The number of rotatable bonds is 4. The Bertz CT molecular complexity index is 238. The van der Waals surface area contributed by atoms with Crippen molar-refractivity contribution in [1.82, 2.24) is 0 Å². The van der Waals surface area contributed by atoms with Crippen LogP contribution in [-0.2, 0) is 0 Å². The number of hydrogen-bond acceptors (Lipinski definition) is 1. The third kappa shape index (κ3) is 3.72. The molecular formula is C10H16BrN3. The second-order valence-corrected chi connectivity index (χ2v) is 4.22. The molecule has 1 fully saturated rings. The smallest absolute Gasteiger partial charge is 0.0443 e. The van der Waals surface area contributed by atoms with Crippen LogP contribution < -0.4 is 0 Å². The molecule has 1 aliphatic rings. The monoisotopic (exact) mass is 257 g/mol. The Labute approximate surface area is 93.3 Å². The van der Waals surface area contributed by atoms with Crippen LogP contribution in [0.4, 0.5) is 0 Å². The van der Waals surface area contributed by atoms with Crippen LogP contribution in [0.5, 0.6) is 0 Å². The van der Waals surface area contributed by atoms with Crippen LogP contribution in [0.1, 0.15) is 32.1 Å². The van der Waals surface area contributed by atoms with Crippen LogP contribution in [0.25, 0.3) is 10.4 Å². The summed E-state index contributed by atoms with van der Waals surface area (Å²) < 4.78 is 0. The Kier molecular flexibility index (Phi) is 5.72. The van der Waals surface area contributed by atoms with Gasteiger partial charge >= 0.3 is 0 Å². The van der Waals surface area contributed by atoms with Crippen molar-refractivity contribution in [3.8, 4) is 0 Å². The van der Waals surface area contributed by atoms with E-state index in [0.717, 1.165) is 11.2 Å². The number of allylic oxidation sites excluding steroid dienone is 1. The quantitative estimate of drug-likeness (QED) is 0.238. The van der Waals surface area contributed by atoms with Gasteiger partial charge in [0.25, 0.3) is 0 Å². The van der Waals surface area contributed by atoms with Crippen molar-refractivity contribution in [3.05, 3.63) is 22.1 Å². The topological polar surface area (TPSA) is 48.8 Å². The summed E-state index contributed by atoms with van der Waals surface area (Å²) in [5.74, 6) is 0.719. The zero-order valence-electron chi connectivity index (χ0n) is 8.32. The number of hydrogen-bond donors (Lipinski definition) is 0. The molecule has 0 radical (unpaired) electrons. The summed E-state index contributed by atoms with van der Waals surface area (Å²) in [7, 11) is 0. The molecule has 0 N–H and O–H groups in total. The minimum Gasteiger partial charge on any atom is -0.0899 e. The fourth-order valence-electron chi connectivity index (χ4n) is 2.00. The highest BCUT2D eigenvalue weighted by Gasteiger charge is 2.16. The van der Waals surface area contributed by atoms with Gasteiger partial charge in [-0.3, -0.25) is 0 Å². The van der Waals surface area contributed by atoms with E-state index in [0.29, 0.717) is 6.54 Å². The molecule has 3 nitrogen and oxygen atoms in total. The van der Waals surface area contributed by atoms with Crippen LogP contribution in [0.3, 0.4) is 0 Å². The van der Waals surface area contributed by atoms with E-state index in [-0.39, 0.29) is 0 Å². The minimum atomic E-state index is 0.494. The van der Waals surface area contributed by atoms with Gasteiger partial charge in [0.05, 0.1) is 0 Å². The molecule has 0 amide bonds. The molecular weight excluding hydrogens is 242 g/mol. The van der Waals surface area contributed by atoms with E-state index in [1.165, 1.54) is 37.7 Å². The van der Waals surface area contributed by atoms with Crippen molar-refractivity contribution in [2.24, 2.45) is 11.0 Å². The van der Waals surface area contributed by atoms with Gasteiger partial charge in [0.2, 0.25) is 0 Å². The third-order valence-corrected chi connectivity index (χ3v) is 3.43. The van der Waals surface area contributed by atoms with Crippen molar-refractivity contribution >= 4 is 15.9 Å². The van der Waals surface area contributed by atoms with E-state index >= 15 is 0 Å². The fraction of sp³-hybridized carbons (Fsp3) is 0.800. The van der Waals surface area contributed by atoms with Crippen LogP contribution in [0.15, 0.2) is 16.8 Å². The molecule has 1 rings (SSSR count). The highest BCUT2D eigenvalue weighted by Crippen LogP contribution is 2.30. The zero-order chi connectivity index (χ0) is 10.2. The van der Waals surface area contributed by atoms with E-state index in [1.807, 2.05) is 0 Å². The average Bonchev–Trinajstić information content (AvgIpc) is 2.26. The Hall–Kier alpha value is -0.470. The van der Waals surface area contributed by atoms with Crippen molar-refractivity contribution in [2.45, 2.75) is 32.1 Å². The van der Waals surface area contributed by atoms with Crippen LogP contribution in [-0.4, -0.2) is 11.9 Å². The summed E-state index contributed by atoms with van der Waals surface area (Å²) in [6, 6.07) is 0. The first kappa shape index (κ1) is 11.6. The van der Waals surface area contributed by atoms with Gasteiger partial charge in [-0.05, 0) is 24.3 Å². The molecule has 0 saturated heterocycles. The minimum absolute atomic E-state index is 0.494. The SMILES string of the molecule is [N-]=[N+]=NC/C=C(\CBr)C1CCCCC1. The molecule has 14 heavy (non-hydrogen) atoms. The molecule has 4 heteroatoms. The third-order valence-electron chi connectivity index (χ3n) is 2.78. The lowest BCUT2D eigenvalue weighted by Gasteiger charge is -2.23. The number of alkyl halides is 1. The highest BCUT2D eigenvalue weighted by atomic mass is 79.9. The maximum absolute atomic E-state index is 8.18.